The zero-order valence-corrected chi connectivity index (χ0v) is 12.7. The van der Waals surface area contributed by atoms with Crippen LogP contribution in [0.1, 0.15) is 44.5 Å². The first-order valence-electron chi connectivity index (χ1n) is 6.68. The Hall–Kier alpha value is -2.31. The second-order valence-corrected chi connectivity index (χ2v) is 5.18. The Balaban J connectivity index is 3.02. The molecule has 0 unspecified atom stereocenters. The molecule has 0 aliphatic heterocycles. The quantitative estimate of drug-likeness (QED) is 0.799. The van der Waals surface area contributed by atoms with Crippen molar-refractivity contribution in [2.75, 3.05) is 6.61 Å². The zero-order valence-electron chi connectivity index (χ0n) is 12.7. The lowest BCUT2D eigenvalue weighted by Crippen LogP contribution is -2.40. The second kappa shape index (κ2) is 6.92. The van der Waals surface area contributed by atoms with Gasteiger partial charge in [0.05, 0.1) is 18.3 Å². The summed E-state index contributed by atoms with van der Waals surface area (Å²) in [5.41, 5.74) is -0.575. The molecule has 0 fully saturated rings. The SMILES string of the molecule is CCCOc1c(C(=O)O)cnn1/C=C/C(C)(C)NC(C)=O. The van der Waals surface area contributed by atoms with E-state index in [-0.39, 0.29) is 17.4 Å². The number of nitrogens with zero attached hydrogens (tertiary/aromatic N) is 2. The predicted octanol–water partition coefficient (Wildman–Crippen LogP) is 1.76. The van der Waals surface area contributed by atoms with Crippen LogP contribution >= 0.6 is 0 Å². The average Bonchev–Trinajstić information content (AvgIpc) is 2.75. The number of hydrogen-bond acceptors (Lipinski definition) is 4. The van der Waals surface area contributed by atoms with Crippen molar-refractivity contribution in [1.29, 1.82) is 0 Å². The lowest BCUT2D eigenvalue weighted by atomic mass is 10.1. The third kappa shape index (κ3) is 4.94. The van der Waals surface area contributed by atoms with Crippen molar-refractivity contribution < 1.29 is 19.4 Å². The fourth-order valence-corrected chi connectivity index (χ4v) is 1.70. The summed E-state index contributed by atoms with van der Waals surface area (Å²) in [5, 5.41) is 15.9. The molecule has 0 bridgehead atoms. The third-order valence-electron chi connectivity index (χ3n) is 2.55. The van der Waals surface area contributed by atoms with Crippen LogP contribution in [0.4, 0.5) is 0 Å². The Kier molecular flexibility index (Phi) is 5.52. The van der Waals surface area contributed by atoms with Crippen molar-refractivity contribution in [2.45, 2.75) is 39.7 Å². The van der Waals surface area contributed by atoms with Crippen molar-refractivity contribution in [3.8, 4) is 5.88 Å². The molecule has 0 aliphatic carbocycles. The summed E-state index contributed by atoms with van der Waals surface area (Å²) < 4.78 is 6.80. The minimum absolute atomic E-state index is 0.00503. The van der Waals surface area contributed by atoms with E-state index in [1.807, 2.05) is 20.8 Å². The number of rotatable bonds is 7. The van der Waals surface area contributed by atoms with Crippen LogP contribution in [-0.2, 0) is 4.79 Å². The van der Waals surface area contributed by atoms with Crippen molar-refractivity contribution >= 4 is 18.1 Å². The molecule has 7 nitrogen and oxygen atoms in total. The van der Waals surface area contributed by atoms with E-state index in [4.69, 9.17) is 9.84 Å². The first-order chi connectivity index (χ1) is 9.76. The molecule has 0 aromatic carbocycles. The van der Waals surface area contributed by atoms with Crippen LogP contribution in [0.2, 0.25) is 0 Å². The highest BCUT2D eigenvalue weighted by molar-refractivity contribution is 5.90. The lowest BCUT2D eigenvalue weighted by molar-refractivity contribution is -0.120. The summed E-state index contributed by atoms with van der Waals surface area (Å²) >= 11 is 0. The van der Waals surface area contributed by atoms with E-state index in [9.17, 15) is 9.59 Å². The number of carboxylic acids is 1. The summed E-state index contributed by atoms with van der Waals surface area (Å²) in [6.07, 6.45) is 5.29. The first-order valence-corrected chi connectivity index (χ1v) is 6.68. The molecule has 1 aromatic rings. The Morgan fingerprint density at radius 3 is 2.71 bits per heavy atom. The van der Waals surface area contributed by atoms with Crippen LogP contribution in [-0.4, -0.2) is 38.9 Å². The van der Waals surface area contributed by atoms with E-state index >= 15 is 0 Å². The van der Waals surface area contributed by atoms with Crippen molar-refractivity contribution in [2.24, 2.45) is 0 Å². The van der Waals surface area contributed by atoms with Gasteiger partial charge in [-0.15, -0.1) is 0 Å². The van der Waals surface area contributed by atoms with Gasteiger partial charge in [-0.1, -0.05) is 6.92 Å². The van der Waals surface area contributed by atoms with Crippen molar-refractivity contribution in [3.63, 3.8) is 0 Å². The highest BCUT2D eigenvalue weighted by Gasteiger charge is 2.19. The average molecular weight is 295 g/mol. The van der Waals surface area contributed by atoms with E-state index in [2.05, 4.69) is 10.4 Å². The van der Waals surface area contributed by atoms with Crippen LogP contribution in [0.15, 0.2) is 12.3 Å². The van der Waals surface area contributed by atoms with E-state index < -0.39 is 11.5 Å². The van der Waals surface area contributed by atoms with Gasteiger partial charge in [-0.25, -0.2) is 9.48 Å². The van der Waals surface area contributed by atoms with Gasteiger partial charge in [-0.2, -0.15) is 5.10 Å². The monoisotopic (exact) mass is 295 g/mol. The molecule has 1 rings (SSSR count). The largest absolute Gasteiger partial charge is 0.477 e. The maximum Gasteiger partial charge on any atom is 0.342 e. The third-order valence-corrected chi connectivity index (χ3v) is 2.55. The van der Waals surface area contributed by atoms with E-state index in [0.717, 1.165) is 6.42 Å². The molecule has 1 aromatic heterocycles. The number of carbonyl (C=O) groups is 2. The van der Waals surface area contributed by atoms with Crippen LogP contribution < -0.4 is 10.1 Å². The Bertz CT molecular complexity index is 546. The highest BCUT2D eigenvalue weighted by Crippen LogP contribution is 2.19. The molecule has 0 saturated carbocycles. The Labute approximate surface area is 123 Å². The fourth-order valence-electron chi connectivity index (χ4n) is 1.70. The van der Waals surface area contributed by atoms with Gasteiger partial charge in [0.1, 0.15) is 5.56 Å². The molecule has 0 atom stereocenters. The topological polar surface area (TPSA) is 93.4 Å². The maximum atomic E-state index is 11.1. The molecule has 116 valence electrons. The molecule has 0 spiro atoms. The number of hydrogen-bond donors (Lipinski definition) is 2. The molecular formula is C14H21N3O4. The fraction of sp³-hybridized carbons (Fsp3) is 0.500. The minimum Gasteiger partial charge on any atom is -0.477 e. The molecule has 1 amide bonds. The summed E-state index contributed by atoms with van der Waals surface area (Å²) in [4.78, 5) is 22.2. The van der Waals surface area contributed by atoms with E-state index in [1.54, 1.807) is 12.3 Å². The predicted molar refractivity (Wildman–Crippen MR) is 78.2 cm³/mol. The first kappa shape index (κ1) is 16.7. The van der Waals surface area contributed by atoms with Gasteiger partial charge in [0.15, 0.2) is 0 Å². The van der Waals surface area contributed by atoms with Crippen LogP contribution in [0, 0.1) is 0 Å². The van der Waals surface area contributed by atoms with Crippen LogP contribution in [0.5, 0.6) is 5.88 Å². The number of carbonyl (C=O) groups excluding carboxylic acids is 1. The second-order valence-electron chi connectivity index (χ2n) is 5.18. The smallest absolute Gasteiger partial charge is 0.342 e. The molecule has 0 aliphatic rings. The van der Waals surface area contributed by atoms with E-state index in [1.165, 1.54) is 17.8 Å². The highest BCUT2D eigenvalue weighted by atomic mass is 16.5. The van der Waals surface area contributed by atoms with Crippen molar-refractivity contribution in [1.82, 2.24) is 15.1 Å². The number of nitrogens with one attached hydrogen (secondary N) is 1. The molecule has 0 radical (unpaired) electrons. The number of aromatic nitrogens is 2. The molecule has 1 heterocycles. The molecule has 21 heavy (non-hydrogen) atoms. The molecule has 0 saturated heterocycles. The van der Waals surface area contributed by atoms with Crippen LogP contribution in [0.25, 0.3) is 6.20 Å². The summed E-state index contributed by atoms with van der Waals surface area (Å²) in [7, 11) is 0. The van der Waals surface area contributed by atoms with Gasteiger partial charge < -0.3 is 15.2 Å². The Morgan fingerprint density at radius 1 is 1.52 bits per heavy atom. The van der Waals surface area contributed by atoms with Gasteiger partial charge in [0.2, 0.25) is 11.8 Å². The molecular weight excluding hydrogens is 274 g/mol. The van der Waals surface area contributed by atoms with E-state index in [0.29, 0.717) is 6.61 Å². The number of aromatic carboxylic acids is 1. The number of ether oxygens (including phenoxy) is 1. The summed E-state index contributed by atoms with van der Waals surface area (Å²) in [5.74, 6) is -1.07. The zero-order chi connectivity index (χ0) is 16.0. The summed E-state index contributed by atoms with van der Waals surface area (Å²) in [6, 6.07) is 0. The summed E-state index contributed by atoms with van der Waals surface area (Å²) in [6.45, 7) is 7.39. The Morgan fingerprint density at radius 2 is 2.19 bits per heavy atom. The van der Waals surface area contributed by atoms with Crippen LogP contribution in [0.3, 0.4) is 0 Å². The van der Waals surface area contributed by atoms with Gasteiger partial charge in [0, 0.05) is 13.1 Å². The molecule has 2 N–H and O–H groups in total. The maximum absolute atomic E-state index is 11.1. The molecule has 7 heteroatoms. The van der Waals surface area contributed by atoms with Crippen molar-refractivity contribution in [3.05, 3.63) is 17.8 Å². The standard InChI is InChI=1S/C14H21N3O4/c1-5-8-21-12-11(13(19)20)9-15-17(12)7-6-14(3,4)16-10(2)18/h6-7,9H,5,8H2,1-4H3,(H,16,18)(H,19,20)/b7-6+. The normalized spacial score (nSPS) is 11.6. The lowest BCUT2D eigenvalue weighted by Gasteiger charge is -2.21. The number of carboxylic acid groups (broad SMARTS) is 1. The van der Waals surface area contributed by atoms with Gasteiger partial charge in [-0.3, -0.25) is 4.79 Å². The van der Waals surface area contributed by atoms with Gasteiger partial charge in [0.25, 0.3) is 0 Å². The van der Waals surface area contributed by atoms with Gasteiger partial charge >= 0.3 is 5.97 Å². The number of amides is 1. The van der Waals surface area contributed by atoms with Gasteiger partial charge in [-0.05, 0) is 26.3 Å². The minimum atomic E-state index is -1.10.